The van der Waals surface area contributed by atoms with E-state index in [1.54, 1.807) is 36.6 Å². The van der Waals surface area contributed by atoms with Crippen LogP contribution < -0.4 is 14.4 Å². The second-order valence-electron chi connectivity index (χ2n) is 7.37. The van der Waals surface area contributed by atoms with E-state index in [1.165, 1.54) is 6.92 Å². The minimum Gasteiger partial charge on any atom is -0.493 e. The number of anilines is 1. The van der Waals surface area contributed by atoms with Crippen LogP contribution in [0.1, 0.15) is 42.2 Å². The van der Waals surface area contributed by atoms with Crippen molar-refractivity contribution in [3.63, 3.8) is 0 Å². The average Bonchev–Trinajstić information content (AvgIpc) is 3.02. The molecule has 0 radical (unpaired) electrons. The second kappa shape index (κ2) is 10.4. The monoisotopic (exact) mass is 431 g/mol. The summed E-state index contributed by atoms with van der Waals surface area (Å²) >= 11 is 1.66. The van der Waals surface area contributed by atoms with Gasteiger partial charge in [0, 0.05) is 43.5 Å². The number of hydrogen-bond acceptors (Lipinski definition) is 7. The molecule has 1 aliphatic rings. The van der Waals surface area contributed by atoms with Crippen molar-refractivity contribution < 1.29 is 19.1 Å². The maximum Gasteiger partial charge on any atom is 0.222 e. The fourth-order valence-corrected chi connectivity index (χ4v) is 4.27. The minimum absolute atomic E-state index is 0.0218. The fraction of sp³-hybridized carbons (Fsp3) is 0.500. The van der Waals surface area contributed by atoms with E-state index < -0.39 is 0 Å². The standard InChI is InChI=1S/C22H29N3O4S/c1-16-15-30-22(23-16)25-10-5-9-24(11-12-25)21(27)6-4-13-29-19-8-7-18(17(2)26)14-20(19)28-3/h7-8,14-15H,4-6,9-13H2,1-3H3. The number of aromatic nitrogens is 1. The van der Waals surface area contributed by atoms with Crippen LogP contribution in [-0.4, -0.2) is 61.5 Å². The van der Waals surface area contributed by atoms with Gasteiger partial charge in [0.1, 0.15) is 0 Å². The molecule has 3 rings (SSSR count). The minimum atomic E-state index is -0.0218. The molecule has 0 N–H and O–H groups in total. The molecule has 7 nitrogen and oxygen atoms in total. The summed E-state index contributed by atoms with van der Waals surface area (Å²) in [7, 11) is 1.55. The van der Waals surface area contributed by atoms with E-state index >= 15 is 0 Å². The topological polar surface area (TPSA) is 72.0 Å². The molecule has 2 heterocycles. The van der Waals surface area contributed by atoms with Crippen LogP contribution in [0.25, 0.3) is 0 Å². The van der Waals surface area contributed by atoms with E-state index in [2.05, 4.69) is 15.3 Å². The highest BCUT2D eigenvalue weighted by Crippen LogP contribution is 2.28. The first-order valence-corrected chi connectivity index (χ1v) is 11.1. The lowest BCUT2D eigenvalue weighted by atomic mass is 10.1. The van der Waals surface area contributed by atoms with Crippen molar-refractivity contribution in [3.05, 3.63) is 34.8 Å². The molecule has 1 fully saturated rings. The number of amides is 1. The van der Waals surface area contributed by atoms with Crippen molar-refractivity contribution in [1.82, 2.24) is 9.88 Å². The van der Waals surface area contributed by atoms with Gasteiger partial charge in [0.2, 0.25) is 5.91 Å². The summed E-state index contributed by atoms with van der Waals surface area (Å²) in [5, 5.41) is 3.10. The number of thiazole rings is 1. The number of carbonyl (C=O) groups is 2. The lowest BCUT2D eigenvalue weighted by Crippen LogP contribution is -2.35. The van der Waals surface area contributed by atoms with Crippen molar-refractivity contribution >= 4 is 28.2 Å². The van der Waals surface area contributed by atoms with Crippen LogP contribution in [-0.2, 0) is 4.79 Å². The quantitative estimate of drug-likeness (QED) is 0.470. The number of hydrogen-bond donors (Lipinski definition) is 0. The summed E-state index contributed by atoms with van der Waals surface area (Å²) in [6.45, 7) is 7.17. The van der Waals surface area contributed by atoms with Gasteiger partial charge in [0.25, 0.3) is 0 Å². The molecule has 0 bridgehead atoms. The third-order valence-electron chi connectivity index (χ3n) is 5.09. The van der Waals surface area contributed by atoms with Gasteiger partial charge in [-0.2, -0.15) is 0 Å². The Balaban J connectivity index is 1.44. The highest BCUT2D eigenvalue weighted by molar-refractivity contribution is 7.13. The van der Waals surface area contributed by atoms with Crippen LogP contribution >= 0.6 is 11.3 Å². The number of aryl methyl sites for hydroxylation is 1. The molecule has 0 atom stereocenters. The highest BCUT2D eigenvalue weighted by atomic mass is 32.1. The van der Waals surface area contributed by atoms with Crippen LogP contribution in [0, 0.1) is 6.92 Å². The molecule has 0 spiro atoms. The zero-order valence-corrected chi connectivity index (χ0v) is 18.7. The molecule has 2 aromatic rings. The number of ether oxygens (including phenoxy) is 2. The Morgan fingerprint density at radius 3 is 2.70 bits per heavy atom. The van der Waals surface area contributed by atoms with Crippen LogP contribution in [0.5, 0.6) is 11.5 Å². The lowest BCUT2D eigenvalue weighted by Gasteiger charge is -2.21. The van der Waals surface area contributed by atoms with Gasteiger partial charge in [0.05, 0.1) is 19.4 Å². The summed E-state index contributed by atoms with van der Waals surface area (Å²) < 4.78 is 11.1. The van der Waals surface area contributed by atoms with Crippen molar-refractivity contribution in [3.8, 4) is 11.5 Å². The van der Waals surface area contributed by atoms with Gasteiger partial charge in [0.15, 0.2) is 22.4 Å². The Kier molecular flexibility index (Phi) is 7.68. The summed E-state index contributed by atoms with van der Waals surface area (Å²) in [4.78, 5) is 32.9. The smallest absolute Gasteiger partial charge is 0.222 e. The molecule has 1 aromatic carbocycles. The Hall–Kier alpha value is -2.61. The maximum atomic E-state index is 12.6. The molecule has 0 unspecified atom stereocenters. The van der Waals surface area contributed by atoms with E-state index in [0.717, 1.165) is 43.4 Å². The first kappa shape index (κ1) is 22.1. The second-order valence-corrected chi connectivity index (χ2v) is 8.20. The molecule has 1 amide bonds. The Morgan fingerprint density at radius 1 is 1.17 bits per heavy atom. The van der Waals surface area contributed by atoms with Crippen molar-refractivity contribution in [2.24, 2.45) is 0 Å². The first-order valence-electron chi connectivity index (χ1n) is 10.2. The number of ketones is 1. The fourth-order valence-electron chi connectivity index (χ4n) is 3.41. The van der Waals surface area contributed by atoms with Crippen LogP contribution in [0.4, 0.5) is 5.13 Å². The third-order valence-corrected chi connectivity index (χ3v) is 6.11. The van der Waals surface area contributed by atoms with Gasteiger partial charge < -0.3 is 19.3 Å². The number of methoxy groups -OCH3 is 1. The number of rotatable bonds is 8. The maximum absolute atomic E-state index is 12.6. The highest BCUT2D eigenvalue weighted by Gasteiger charge is 2.20. The van der Waals surface area contributed by atoms with Gasteiger partial charge in [-0.25, -0.2) is 4.98 Å². The van der Waals surface area contributed by atoms with Gasteiger partial charge in [-0.3, -0.25) is 9.59 Å². The molecule has 162 valence electrons. The van der Waals surface area contributed by atoms with Gasteiger partial charge in [-0.05, 0) is 44.9 Å². The zero-order valence-electron chi connectivity index (χ0n) is 17.8. The third kappa shape index (κ3) is 5.72. The van der Waals surface area contributed by atoms with Gasteiger partial charge >= 0.3 is 0 Å². The summed E-state index contributed by atoms with van der Waals surface area (Å²) in [6.07, 6.45) is 2.02. The molecule has 0 saturated carbocycles. The zero-order chi connectivity index (χ0) is 21.5. The number of benzene rings is 1. The first-order chi connectivity index (χ1) is 14.5. The summed E-state index contributed by atoms with van der Waals surface area (Å²) in [5.41, 5.74) is 1.62. The Bertz CT molecular complexity index is 883. The number of Topliss-reactive ketones (excluding diaryl/α,β-unsaturated/α-hetero) is 1. The molecule has 1 saturated heterocycles. The molecule has 8 heteroatoms. The molecule has 1 aromatic heterocycles. The van der Waals surface area contributed by atoms with Crippen LogP contribution in [0.15, 0.2) is 23.6 Å². The predicted octanol–water partition coefficient (Wildman–Crippen LogP) is 3.56. The van der Waals surface area contributed by atoms with E-state index in [9.17, 15) is 9.59 Å². The van der Waals surface area contributed by atoms with E-state index in [-0.39, 0.29) is 11.7 Å². The Labute approximate surface area is 181 Å². The largest absolute Gasteiger partial charge is 0.493 e. The van der Waals surface area contributed by atoms with Crippen molar-refractivity contribution in [2.45, 2.75) is 33.1 Å². The SMILES string of the molecule is COc1cc(C(C)=O)ccc1OCCCC(=O)N1CCCN(c2nc(C)cs2)CC1. The summed E-state index contributed by atoms with van der Waals surface area (Å²) in [6, 6.07) is 5.13. The van der Waals surface area contributed by atoms with Gasteiger partial charge in [-0.1, -0.05) is 0 Å². The van der Waals surface area contributed by atoms with Crippen molar-refractivity contribution in [2.75, 3.05) is 44.8 Å². The van der Waals surface area contributed by atoms with E-state index in [1.807, 2.05) is 11.8 Å². The predicted molar refractivity (Wildman–Crippen MR) is 118 cm³/mol. The molecule has 0 aliphatic carbocycles. The molecule has 1 aliphatic heterocycles. The number of nitrogens with zero attached hydrogens (tertiary/aromatic N) is 3. The van der Waals surface area contributed by atoms with Gasteiger partial charge in [-0.15, -0.1) is 11.3 Å². The molecule has 30 heavy (non-hydrogen) atoms. The normalized spacial score (nSPS) is 14.4. The van der Waals surface area contributed by atoms with E-state index in [0.29, 0.717) is 36.5 Å². The van der Waals surface area contributed by atoms with Crippen LogP contribution in [0.2, 0.25) is 0 Å². The molecular weight excluding hydrogens is 402 g/mol. The van der Waals surface area contributed by atoms with E-state index in [4.69, 9.17) is 9.47 Å². The average molecular weight is 432 g/mol. The lowest BCUT2D eigenvalue weighted by molar-refractivity contribution is -0.131. The number of carbonyl (C=O) groups excluding carboxylic acids is 2. The molecular formula is C22H29N3O4S. The van der Waals surface area contributed by atoms with Crippen molar-refractivity contribution in [1.29, 1.82) is 0 Å². The van der Waals surface area contributed by atoms with Crippen LogP contribution in [0.3, 0.4) is 0 Å². The summed E-state index contributed by atoms with van der Waals surface area (Å²) in [5.74, 6) is 1.25. The Morgan fingerprint density at radius 2 is 2.00 bits per heavy atom.